The van der Waals surface area contributed by atoms with Crippen LogP contribution in [0.5, 0.6) is 5.75 Å². The van der Waals surface area contributed by atoms with Crippen LogP contribution in [-0.2, 0) is 0 Å². The highest BCUT2D eigenvalue weighted by atomic mass is 16.5. The molecule has 0 aromatic heterocycles. The van der Waals surface area contributed by atoms with E-state index in [1.807, 2.05) is 6.92 Å². The Morgan fingerprint density at radius 2 is 2.12 bits per heavy atom. The van der Waals surface area contributed by atoms with E-state index in [9.17, 15) is 0 Å². The van der Waals surface area contributed by atoms with E-state index in [0.29, 0.717) is 6.04 Å². The lowest BCUT2D eigenvalue weighted by Crippen LogP contribution is -2.14. The van der Waals surface area contributed by atoms with Gasteiger partial charge in [0.25, 0.3) is 0 Å². The molecule has 2 nitrogen and oxygen atoms in total. The second kappa shape index (κ2) is 4.88. The molecule has 16 heavy (non-hydrogen) atoms. The summed E-state index contributed by atoms with van der Waals surface area (Å²) in [5.74, 6) is 1.03. The lowest BCUT2D eigenvalue weighted by molar-refractivity contribution is 0.337. The second-order valence-corrected chi connectivity index (χ2v) is 4.56. The van der Waals surface area contributed by atoms with Gasteiger partial charge in [0.1, 0.15) is 5.75 Å². The SMILES string of the molecule is CCOc1cc(C)c(C2CCCN2)cc1C. The fourth-order valence-corrected chi connectivity index (χ4v) is 2.45. The number of aryl methyl sites for hydroxylation is 2. The van der Waals surface area contributed by atoms with Gasteiger partial charge in [0, 0.05) is 6.04 Å². The molecule has 2 heteroatoms. The molecule has 2 rings (SSSR count). The third-order valence-corrected chi connectivity index (χ3v) is 3.30. The van der Waals surface area contributed by atoms with E-state index >= 15 is 0 Å². The van der Waals surface area contributed by atoms with Crippen molar-refractivity contribution in [2.75, 3.05) is 13.2 Å². The van der Waals surface area contributed by atoms with Crippen molar-refractivity contribution < 1.29 is 4.74 Å². The molecule has 1 unspecified atom stereocenters. The molecule has 1 fully saturated rings. The van der Waals surface area contributed by atoms with Crippen LogP contribution in [0.3, 0.4) is 0 Å². The van der Waals surface area contributed by atoms with Gasteiger partial charge < -0.3 is 10.1 Å². The summed E-state index contributed by atoms with van der Waals surface area (Å²) >= 11 is 0. The van der Waals surface area contributed by atoms with Crippen LogP contribution >= 0.6 is 0 Å². The lowest BCUT2D eigenvalue weighted by Gasteiger charge is -2.17. The zero-order valence-electron chi connectivity index (χ0n) is 10.5. The molecule has 88 valence electrons. The van der Waals surface area contributed by atoms with Crippen LogP contribution in [-0.4, -0.2) is 13.2 Å². The van der Waals surface area contributed by atoms with E-state index in [-0.39, 0.29) is 0 Å². The molecule has 0 saturated carbocycles. The standard InChI is InChI=1S/C14H21NO/c1-4-16-14-9-10(2)12(8-11(14)3)13-6-5-7-15-13/h8-9,13,15H,4-7H2,1-3H3. The van der Waals surface area contributed by atoms with Crippen LogP contribution in [0.1, 0.15) is 42.5 Å². The van der Waals surface area contributed by atoms with Gasteiger partial charge in [-0.2, -0.15) is 0 Å². The summed E-state index contributed by atoms with van der Waals surface area (Å²) < 4.78 is 5.61. The van der Waals surface area contributed by atoms with Crippen molar-refractivity contribution in [1.29, 1.82) is 0 Å². The Hall–Kier alpha value is -1.02. The number of ether oxygens (including phenoxy) is 1. The molecule has 0 radical (unpaired) electrons. The largest absolute Gasteiger partial charge is 0.494 e. The Balaban J connectivity index is 2.29. The first kappa shape index (κ1) is 11.5. The molecule has 1 aliphatic rings. The van der Waals surface area contributed by atoms with Crippen molar-refractivity contribution in [2.24, 2.45) is 0 Å². The Morgan fingerprint density at radius 3 is 2.75 bits per heavy atom. The highest BCUT2D eigenvalue weighted by molar-refractivity contribution is 5.43. The monoisotopic (exact) mass is 219 g/mol. The van der Waals surface area contributed by atoms with E-state index in [1.165, 1.54) is 29.5 Å². The van der Waals surface area contributed by atoms with Gasteiger partial charge in [0.15, 0.2) is 0 Å². The normalized spacial score (nSPS) is 20.1. The fourth-order valence-electron chi connectivity index (χ4n) is 2.45. The Labute approximate surface area is 98.0 Å². The van der Waals surface area contributed by atoms with Crippen molar-refractivity contribution in [3.8, 4) is 5.75 Å². The number of nitrogens with one attached hydrogen (secondary N) is 1. The van der Waals surface area contributed by atoms with Crippen molar-refractivity contribution in [3.63, 3.8) is 0 Å². The maximum absolute atomic E-state index is 5.61. The molecular formula is C14H21NO. The third-order valence-electron chi connectivity index (χ3n) is 3.30. The van der Waals surface area contributed by atoms with Gasteiger partial charge in [-0.05, 0) is 62.9 Å². The molecule has 1 aromatic carbocycles. The van der Waals surface area contributed by atoms with Gasteiger partial charge in [0.05, 0.1) is 6.61 Å². The molecule has 1 N–H and O–H groups in total. The number of hydrogen-bond donors (Lipinski definition) is 1. The molecule has 1 atom stereocenters. The summed E-state index contributed by atoms with van der Waals surface area (Å²) in [4.78, 5) is 0. The maximum atomic E-state index is 5.61. The minimum atomic E-state index is 0.550. The quantitative estimate of drug-likeness (QED) is 0.843. The molecular weight excluding hydrogens is 198 g/mol. The van der Waals surface area contributed by atoms with Gasteiger partial charge in [0.2, 0.25) is 0 Å². The molecule has 0 bridgehead atoms. The van der Waals surface area contributed by atoms with E-state index in [1.54, 1.807) is 0 Å². The van der Waals surface area contributed by atoms with Crippen LogP contribution in [0.25, 0.3) is 0 Å². The minimum Gasteiger partial charge on any atom is -0.494 e. The van der Waals surface area contributed by atoms with Crippen LogP contribution in [0.4, 0.5) is 0 Å². The molecule has 1 aromatic rings. The molecule has 0 aliphatic carbocycles. The number of rotatable bonds is 3. The summed E-state index contributed by atoms with van der Waals surface area (Å²) in [6, 6.07) is 5.01. The number of hydrogen-bond acceptors (Lipinski definition) is 2. The average molecular weight is 219 g/mol. The Bertz CT molecular complexity index is 367. The van der Waals surface area contributed by atoms with E-state index in [4.69, 9.17) is 4.74 Å². The molecule has 0 spiro atoms. The van der Waals surface area contributed by atoms with Gasteiger partial charge in [-0.1, -0.05) is 6.07 Å². The first-order chi connectivity index (χ1) is 7.72. The molecule has 1 aliphatic heterocycles. The average Bonchev–Trinajstić information content (AvgIpc) is 2.76. The van der Waals surface area contributed by atoms with Gasteiger partial charge >= 0.3 is 0 Å². The van der Waals surface area contributed by atoms with Gasteiger partial charge in [-0.25, -0.2) is 0 Å². The lowest BCUT2D eigenvalue weighted by atomic mass is 9.97. The fraction of sp³-hybridized carbons (Fsp3) is 0.571. The Kier molecular flexibility index (Phi) is 3.49. The summed E-state index contributed by atoms with van der Waals surface area (Å²) in [5.41, 5.74) is 4.03. The van der Waals surface area contributed by atoms with E-state index in [2.05, 4.69) is 31.3 Å². The maximum Gasteiger partial charge on any atom is 0.122 e. The number of benzene rings is 1. The van der Waals surface area contributed by atoms with Crippen molar-refractivity contribution in [2.45, 2.75) is 39.7 Å². The zero-order valence-corrected chi connectivity index (χ0v) is 10.5. The first-order valence-corrected chi connectivity index (χ1v) is 6.19. The molecule has 1 heterocycles. The second-order valence-electron chi connectivity index (χ2n) is 4.56. The van der Waals surface area contributed by atoms with Crippen molar-refractivity contribution in [3.05, 3.63) is 28.8 Å². The summed E-state index contributed by atoms with van der Waals surface area (Å²) in [6.07, 6.45) is 2.55. The molecule has 1 saturated heterocycles. The van der Waals surface area contributed by atoms with E-state index in [0.717, 1.165) is 18.9 Å². The smallest absolute Gasteiger partial charge is 0.122 e. The van der Waals surface area contributed by atoms with Crippen LogP contribution in [0.2, 0.25) is 0 Å². The first-order valence-electron chi connectivity index (χ1n) is 6.19. The van der Waals surface area contributed by atoms with Crippen LogP contribution in [0, 0.1) is 13.8 Å². The zero-order chi connectivity index (χ0) is 11.5. The van der Waals surface area contributed by atoms with Crippen LogP contribution < -0.4 is 10.1 Å². The summed E-state index contributed by atoms with van der Waals surface area (Å²) in [7, 11) is 0. The predicted molar refractivity (Wildman–Crippen MR) is 67.1 cm³/mol. The third kappa shape index (κ3) is 2.22. The summed E-state index contributed by atoms with van der Waals surface area (Å²) in [5, 5.41) is 3.55. The predicted octanol–water partition coefficient (Wildman–Crippen LogP) is 3.13. The van der Waals surface area contributed by atoms with Crippen molar-refractivity contribution >= 4 is 0 Å². The minimum absolute atomic E-state index is 0.550. The van der Waals surface area contributed by atoms with Crippen molar-refractivity contribution in [1.82, 2.24) is 5.32 Å². The van der Waals surface area contributed by atoms with Gasteiger partial charge in [-0.15, -0.1) is 0 Å². The topological polar surface area (TPSA) is 21.3 Å². The molecule has 0 amide bonds. The highest BCUT2D eigenvalue weighted by Gasteiger charge is 2.18. The highest BCUT2D eigenvalue weighted by Crippen LogP contribution is 2.30. The summed E-state index contributed by atoms with van der Waals surface area (Å²) in [6.45, 7) is 8.22. The van der Waals surface area contributed by atoms with Gasteiger partial charge in [-0.3, -0.25) is 0 Å². The van der Waals surface area contributed by atoms with Crippen LogP contribution in [0.15, 0.2) is 12.1 Å². The van der Waals surface area contributed by atoms with E-state index < -0.39 is 0 Å². The Morgan fingerprint density at radius 1 is 1.31 bits per heavy atom.